The van der Waals surface area contributed by atoms with E-state index in [1.807, 2.05) is 6.07 Å². The van der Waals surface area contributed by atoms with Gasteiger partial charge in [0, 0.05) is 24.0 Å². The Morgan fingerprint density at radius 3 is 2.61 bits per heavy atom. The smallest absolute Gasteiger partial charge is 0.336 e. The van der Waals surface area contributed by atoms with E-state index in [2.05, 4.69) is 10.1 Å². The fourth-order valence-electron chi connectivity index (χ4n) is 2.25. The highest BCUT2D eigenvalue weighted by atomic mass is 16.4. The third-order valence-electron chi connectivity index (χ3n) is 3.38. The van der Waals surface area contributed by atoms with E-state index in [0.29, 0.717) is 17.8 Å². The number of carboxylic acid groups (broad SMARTS) is 1. The summed E-state index contributed by atoms with van der Waals surface area (Å²) in [5.74, 6) is -0.994. The second kappa shape index (κ2) is 6.23. The summed E-state index contributed by atoms with van der Waals surface area (Å²) in [4.78, 5) is 27.2. The maximum absolute atomic E-state index is 11.6. The van der Waals surface area contributed by atoms with Crippen molar-refractivity contribution in [1.82, 2.24) is 14.8 Å². The van der Waals surface area contributed by atoms with Crippen molar-refractivity contribution in [2.45, 2.75) is 6.54 Å². The SMILES string of the molecule is O=C(O)c1ccccc1-c1ccc(Cn2ncccc2=O)cn1. The molecular weight excluding hydrogens is 294 g/mol. The Morgan fingerprint density at radius 1 is 1.09 bits per heavy atom. The first-order valence-electron chi connectivity index (χ1n) is 6.95. The molecule has 6 heteroatoms. The molecular formula is C17H13N3O3. The number of nitrogens with zero attached hydrogens (tertiary/aromatic N) is 3. The molecule has 0 atom stereocenters. The second-order valence-electron chi connectivity index (χ2n) is 4.92. The number of rotatable bonds is 4. The number of aromatic nitrogens is 3. The van der Waals surface area contributed by atoms with Crippen LogP contribution in [-0.4, -0.2) is 25.8 Å². The van der Waals surface area contributed by atoms with Gasteiger partial charge in [-0.25, -0.2) is 9.48 Å². The molecule has 2 heterocycles. The fraction of sp³-hybridized carbons (Fsp3) is 0.0588. The Hall–Kier alpha value is -3.28. The molecule has 0 aliphatic rings. The van der Waals surface area contributed by atoms with Crippen molar-refractivity contribution in [2.24, 2.45) is 0 Å². The molecule has 1 aromatic carbocycles. The Labute approximate surface area is 131 Å². The van der Waals surface area contributed by atoms with E-state index < -0.39 is 5.97 Å². The summed E-state index contributed by atoms with van der Waals surface area (Å²) in [6, 6.07) is 13.3. The van der Waals surface area contributed by atoms with E-state index in [9.17, 15) is 14.7 Å². The number of aromatic carboxylic acids is 1. The van der Waals surface area contributed by atoms with E-state index in [0.717, 1.165) is 5.56 Å². The summed E-state index contributed by atoms with van der Waals surface area (Å²) >= 11 is 0. The first-order valence-corrected chi connectivity index (χ1v) is 6.95. The van der Waals surface area contributed by atoms with Gasteiger partial charge in [0.05, 0.1) is 17.8 Å². The van der Waals surface area contributed by atoms with E-state index in [4.69, 9.17) is 0 Å². The first-order chi connectivity index (χ1) is 11.1. The minimum Gasteiger partial charge on any atom is -0.478 e. The van der Waals surface area contributed by atoms with Crippen LogP contribution in [0.5, 0.6) is 0 Å². The number of carbonyl (C=O) groups is 1. The number of hydrogen-bond donors (Lipinski definition) is 1. The summed E-state index contributed by atoms with van der Waals surface area (Å²) in [6.07, 6.45) is 3.17. The van der Waals surface area contributed by atoms with Crippen molar-refractivity contribution in [2.75, 3.05) is 0 Å². The monoisotopic (exact) mass is 307 g/mol. The molecule has 1 N–H and O–H groups in total. The molecule has 0 saturated heterocycles. The van der Waals surface area contributed by atoms with Gasteiger partial charge in [-0.2, -0.15) is 5.10 Å². The summed E-state index contributed by atoms with van der Waals surface area (Å²) in [5, 5.41) is 13.2. The van der Waals surface area contributed by atoms with Gasteiger partial charge >= 0.3 is 5.97 Å². The standard InChI is InChI=1S/C17H13N3O3/c21-16-6-3-9-19-20(16)11-12-7-8-15(18-10-12)13-4-1-2-5-14(13)17(22)23/h1-10H,11H2,(H,22,23). The molecule has 0 radical (unpaired) electrons. The van der Waals surface area contributed by atoms with Crippen LogP contribution in [-0.2, 0) is 6.54 Å². The lowest BCUT2D eigenvalue weighted by atomic mass is 10.0. The average Bonchev–Trinajstić information content (AvgIpc) is 2.58. The summed E-state index contributed by atoms with van der Waals surface area (Å²) < 4.78 is 1.34. The molecule has 0 saturated carbocycles. The van der Waals surface area contributed by atoms with Crippen LogP contribution in [0.4, 0.5) is 0 Å². The average molecular weight is 307 g/mol. The molecule has 0 unspecified atom stereocenters. The fourth-order valence-corrected chi connectivity index (χ4v) is 2.25. The Kier molecular flexibility index (Phi) is 3.97. The molecule has 0 amide bonds. The van der Waals surface area contributed by atoms with Crippen LogP contribution in [0.15, 0.2) is 65.7 Å². The highest BCUT2D eigenvalue weighted by Gasteiger charge is 2.11. The van der Waals surface area contributed by atoms with E-state index >= 15 is 0 Å². The highest BCUT2D eigenvalue weighted by molar-refractivity contribution is 5.95. The van der Waals surface area contributed by atoms with Gasteiger partial charge < -0.3 is 5.11 Å². The van der Waals surface area contributed by atoms with Crippen LogP contribution in [0.1, 0.15) is 15.9 Å². The Balaban J connectivity index is 1.90. The largest absolute Gasteiger partial charge is 0.478 e. The topological polar surface area (TPSA) is 85.1 Å². The van der Waals surface area contributed by atoms with Crippen molar-refractivity contribution >= 4 is 5.97 Å². The van der Waals surface area contributed by atoms with Gasteiger partial charge in [0.25, 0.3) is 5.56 Å². The predicted molar refractivity (Wildman–Crippen MR) is 84.2 cm³/mol. The molecule has 114 valence electrons. The molecule has 6 nitrogen and oxygen atoms in total. The van der Waals surface area contributed by atoms with Crippen LogP contribution in [0.3, 0.4) is 0 Å². The van der Waals surface area contributed by atoms with Crippen molar-refractivity contribution in [1.29, 1.82) is 0 Å². The van der Waals surface area contributed by atoms with Gasteiger partial charge in [0.15, 0.2) is 0 Å². The Bertz CT molecular complexity index is 901. The minimum atomic E-state index is -0.994. The van der Waals surface area contributed by atoms with E-state index in [-0.39, 0.29) is 11.1 Å². The number of carboxylic acids is 1. The van der Waals surface area contributed by atoms with Crippen molar-refractivity contribution in [3.63, 3.8) is 0 Å². The van der Waals surface area contributed by atoms with Gasteiger partial charge in [-0.3, -0.25) is 9.78 Å². The lowest BCUT2D eigenvalue weighted by molar-refractivity contribution is 0.0697. The lowest BCUT2D eigenvalue weighted by Gasteiger charge is -2.07. The number of benzene rings is 1. The number of hydrogen-bond acceptors (Lipinski definition) is 4. The Morgan fingerprint density at radius 2 is 1.91 bits per heavy atom. The van der Waals surface area contributed by atoms with Gasteiger partial charge in [-0.1, -0.05) is 24.3 Å². The summed E-state index contributed by atoms with van der Waals surface area (Å²) in [5.41, 5.74) is 1.95. The maximum atomic E-state index is 11.6. The molecule has 0 spiro atoms. The van der Waals surface area contributed by atoms with Crippen LogP contribution >= 0.6 is 0 Å². The molecule has 0 bridgehead atoms. The zero-order valence-electron chi connectivity index (χ0n) is 12.1. The normalized spacial score (nSPS) is 10.4. The van der Waals surface area contributed by atoms with Crippen LogP contribution < -0.4 is 5.56 Å². The van der Waals surface area contributed by atoms with Gasteiger partial charge in [-0.05, 0) is 23.8 Å². The quantitative estimate of drug-likeness (QED) is 0.797. The molecule has 3 rings (SSSR count). The van der Waals surface area contributed by atoms with Crippen LogP contribution in [0.25, 0.3) is 11.3 Å². The van der Waals surface area contributed by atoms with Crippen LogP contribution in [0, 0.1) is 0 Å². The highest BCUT2D eigenvalue weighted by Crippen LogP contribution is 2.21. The zero-order chi connectivity index (χ0) is 16.2. The molecule has 2 aromatic heterocycles. The third-order valence-corrected chi connectivity index (χ3v) is 3.38. The van der Waals surface area contributed by atoms with E-state index in [1.165, 1.54) is 10.7 Å². The van der Waals surface area contributed by atoms with Crippen LogP contribution in [0.2, 0.25) is 0 Å². The molecule has 0 aliphatic carbocycles. The maximum Gasteiger partial charge on any atom is 0.336 e. The molecule has 23 heavy (non-hydrogen) atoms. The van der Waals surface area contributed by atoms with E-state index in [1.54, 1.807) is 48.8 Å². The molecule has 3 aromatic rings. The van der Waals surface area contributed by atoms with Gasteiger partial charge in [0.1, 0.15) is 0 Å². The summed E-state index contributed by atoms with van der Waals surface area (Å²) in [7, 11) is 0. The lowest BCUT2D eigenvalue weighted by Crippen LogP contribution is -2.21. The third kappa shape index (κ3) is 3.16. The van der Waals surface area contributed by atoms with Gasteiger partial charge in [-0.15, -0.1) is 0 Å². The van der Waals surface area contributed by atoms with Crippen molar-refractivity contribution in [3.8, 4) is 11.3 Å². The second-order valence-corrected chi connectivity index (χ2v) is 4.92. The zero-order valence-corrected chi connectivity index (χ0v) is 12.1. The number of pyridine rings is 1. The minimum absolute atomic E-state index is 0.187. The predicted octanol–water partition coefficient (Wildman–Crippen LogP) is 2.05. The first kappa shape index (κ1) is 14.6. The molecule has 0 aliphatic heterocycles. The van der Waals surface area contributed by atoms with Crippen molar-refractivity contribution < 1.29 is 9.90 Å². The molecule has 0 fully saturated rings. The van der Waals surface area contributed by atoms with Gasteiger partial charge in [0.2, 0.25) is 0 Å². The van der Waals surface area contributed by atoms with Crippen molar-refractivity contribution in [3.05, 3.63) is 82.4 Å². The summed E-state index contributed by atoms with van der Waals surface area (Å²) in [6.45, 7) is 0.313.